The summed E-state index contributed by atoms with van der Waals surface area (Å²) in [5.41, 5.74) is -1.67. The average Bonchev–Trinajstić information content (AvgIpc) is 3.52. The highest BCUT2D eigenvalue weighted by molar-refractivity contribution is 5.90. The number of carbonyl (C=O) groups excluding carboxylic acids is 1. The first kappa shape index (κ1) is 30.2. The van der Waals surface area contributed by atoms with E-state index in [-0.39, 0.29) is 6.03 Å². The van der Waals surface area contributed by atoms with Gasteiger partial charge in [0.15, 0.2) is 5.60 Å². The molecule has 0 unspecified atom stereocenters. The fourth-order valence-electron chi connectivity index (χ4n) is 5.62. The standard InChI is InChI=1S/C33H37FN2O7/c1-32(2,30(37)38)43-27-13-11-26(12-14-27)42-29-20-24(19-28(21-29)41-25-9-7-23(34)8-10-25)35-31(39)36-17-15-33(40,16-18-36)22-5-3-4-6-22/h7-14,19-22,40H,3-6,15-18H2,1-2H3,(H,35,39)(H,37,38). The number of hydrogen-bond acceptors (Lipinski definition) is 6. The number of benzene rings is 3. The van der Waals surface area contributed by atoms with Gasteiger partial charge in [0.05, 0.1) is 5.60 Å². The Bertz CT molecular complexity index is 1430. The van der Waals surface area contributed by atoms with E-state index in [1.165, 1.54) is 38.1 Å². The number of rotatable bonds is 9. The van der Waals surface area contributed by atoms with Crippen molar-refractivity contribution in [3.63, 3.8) is 0 Å². The lowest BCUT2D eigenvalue weighted by Gasteiger charge is -2.41. The van der Waals surface area contributed by atoms with E-state index in [0.717, 1.165) is 25.7 Å². The SMILES string of the molecule is CC(C)(Oc1ccc(Oc2cc(NC(=O)N3CCC(O)(C4CCCC4)CC3)cc(Oc3ccc(F)cc3)c2)cc1)C(=O)O. The Balaban J connectivity index is 1.30. The van der Waals surface area contributed by atoms with Crippen molar-refractivity contribution in [1.82, 2.24) is 4.90 Å². The van der Waals surface area contributed by atoms with Crippen LogP contribution in [0, 0.1) is 11.7 Å². The number of nitrogens with zero attached hydrogens (tertiary/aromatic N) is 1. The fraction of sp³-hybridized carbons (Fsp3) is 0.394. The third-order valence-electron chi connectivity index (χ3n) is 8.16. The number of piperidine rings is 1. The van der Waals surface area contributed by atoms with Gasteiger partial charge in [-0.25, -0.2) is 14.0 Å². The minimum atomic E-state index is -1.40. The Labute approximate surface area is 250 Å². The van der Waals surface area contributed by atoms with Crippen LogP contribution in [0.1, 0.15) is 52.4 Å². The molecule has 0 bridgehead atoms. The molecule has 2 fully saturated rings. The Kier molecular flexibility index (Phi) is 8.77. The van der Waals surface area contributed by atoms with E-state index in [1.54, 1.807) is 47.4 Å². The van der Waals surface area contributed by atoms with E-state index in [2.05, 4.69) is 5.32 Å². The first-order chi connectivity index (χ1) is 20.5. The molecule has 3 aromatic rings. The third-order valence-corrected chi connectivity index (χ3v) is 8.16. The summed E-state index contributed by atoms with van der Waals surface area (Å²) in [4.78, 5) is 26.3. The summed E-state index contributed by atoms with van der Waals surface area (Å²) in [5, 5.41) is 23.4. The van der Waals surface area contributed by atoms with Crippen molar-refractivity contribution in [3.05, 3.63) is 72.5 Å². The number of anilines is 1. The predicted octanol–water partition coefficient (Wildman–Crippen LogP) is 7.20. The molecule has 2 aliphatic rings. The highest BCUT2D eigenvalue weighted by Crippen LogP contribution is 2.40. The molecule has 9 nitrogen and oxygen atoms in total. The van der Waals surface area contributed by atoms with Crippen LogP contribution < -0.4 is 19.5 Å². The first-order valence-electron chi connectivity index (χ1n) is 14.6. The number of likely N-dealkylation sites (tertiary alicyclic amines) is 1. The minimum Gasteiger partial charge on any atom is -0.478 e. The summed E-state index contributed by atoms with van der Waals surface area (Å²) in [6, 6.07) is 16.7. The van der Waals surface area contributed by atoms with Crippen LogP contribution in [-0.2, 0) is 4.79 Å². The molecular weight excluding hydrogens is 555 g/mol. The Morgan fingerprint density at radius 2 is 1.37 bits per heavy atom. The highest BCUT2D eigenvalue weighted by atomic mass is 19.1. The molecule has 3 aromatic carbocycles. The molecule has 43 heavy (non-hydrogen) atoms. The summed E-state index contributed by atoms with van der Waals surface area (Å²) < 4.78 is 31.0. The van der Waals surface area contributed by atoms with Gasteiger partial charge in [-0.3, -0.25) is 0 Å². The zero-order valence-corrected chi connectivity index (χ0v) is 24.3. The van der Waals surface area contributed by atoms with Gasteiger partial charge in [-0.05, 0) is 94.0 Å². The number of carboxylic acids is 1. The van der Waals surface area contributed by atoms with Gasteiger partial charge in [0, 0.05) is 37.0 Å². The van der Waals surface area contributed by atoms with Gasteiger partial charge >= 0.3 is 12.0 Å². The van der Waals surface area contributed by atoms with E-state index >= 15 is 0 Å². The number of nitrogens with one attached hydrogen (secondary N) is 1. The zero-order chi connectivity index (χ0) is 30.6. The molecule has 0 aromatic heterocycles. The van der Waals surface area contributed by atoms with Crippen LogP contribution in [0.15, 0.2) is 66.7 Å². The molecular formula is C33H37FN2O7. The maximum Gasteiger partial charge on any atom is 0.347 e. The number of ether oxygens (including phenoxy) is 3. The lowest BCUT2D eigenvalue weighted by atomic mass is 9.78. The van der Waals surface area contributed by atoms with E-state index in [0.29, 0.717) is 66.3 Å². The van der Waals surface area contributed by atoms with Crippen LogP contribution in [-0.4, -0.2) is 51.4 Å². The molecule has 228 valence electrons. The summed E-state index contributed by atoms with van der Waals surface area (Å²) >= 11 is 0. The number of halogens is 1. The van der Waals surface area contributed by atoms with Crippen molar-refractivity contribution in [2.75, 3.05) is 18.4 Å². The number of aliphatic carboxylic acids is 1. The van der Waals surface area contributed by atoms with Crippen LogP contribution in [0.25, 0.3) is 0 Å². The van der Waals surface area contributed by atoms with Crippen LogP contribution in [0.3, 0.4) is 0 Å². The summed E-state index contributed by atoms with van der Waals surface area (Å²) in [6.07, 6.45) is 5.50. The smallest absolute Gasteiger partial charge is 0.347 e. The van der Waals surface area contributed by atoms with Gasteiger partial charge < -0.3 is 34.6 Å². The lowest BCUT2D eigenvalue weighted by molar-refractivity contribution is -0.152. The predicted molar refractivity (Wildman–Crippen MR) is 159 cm³/mol. The molecule has 10 heteroatoms. The second-order valence-electron chi connectivity index (χ2n) is 11.7. The van der Waals surface area contributed by atoms with Crippen LogP contribution >= 0.6 is 0 Å². The zero-order valence-electron chi connectivity index (χ0n) is 24.3. The van der Waals surface area contributed by atoms with Crippen molar-refractivity contribution < 1.29 is 38.4 Å². The van der Waals surface area contributed by atoms with Gasteiger partial charge in [0.2, 0.25) is 0 Å². The molecule has 5 rings (SSSR count). The first-order valence-corrected chi connectivity index (χ1v) is 14.6. The van der Waals surface area contributed by atoms with E-state index in [1.807, 2.05) is 0 Å². The van der Waals surface area contributed by atoms with Crippen molar-refractivity contribution in [1.29, 1.82) is 0 Å². The Hall–Kier alpha value is -4.31. The summed E-state index contributed by atoms with van der Waals surface area (Å²) in [5.74, 6) is 0.761. The van der Waals surface area contributed by atoms with Crippen LogP contribution in [0.5, 0.6) is 28.7 Å². The normalized spacial score (nSPS) is 16.9. The molecule has 1 heterocycles. The number of urea groups is 1. The Morgan fingerprint density at radius 3 is 1.91 bits per heavy atom. The molecule has 3 N–H and O–H groups in total. The molecule has 1 aliphatic carbocycles. The van der Waals surface area contributed by atoms with E-state index in [9.17, 15) is 24.2 Å². The number of amides is 2. The van der Waals surface area contributed by atoms with E-state index < -0.39 is 23.0 Å². The molecule has 2 amide bonds. The summed E-state index contributed by atoms with van der Waals surface area (Å²) in [6.45, 7) is 3.84. The van der Waals surface area contributed by atoms with Gasteiger partial charge in [0.25, 0.3) is 0 Å². The molecule has 0 spiro atoms. The van der Waals surface area contributed by atoms with Crippen molar-refractivity contribution >= 4 is 17.7 Å². The maximum atomic E-state index is 13.4. The third kappa shape index (κ3) is 7.56. The summed E-state index contributed by atoms with van der Waals surface area (Å²) in [7, 11) is 0. The average molecular weight is 593 g/mol. The molecule has 0 radical (unpaired) electrons. The molecule has 0 atom stereocenters. The van der Waals surface area contributed by atoms with Gasteiger partial charge in [-0.15, -0.1) is 0 Å². The fourth-order valence-corrected chi connectivity index (χ4v) is 5.62. The topological polar surface area (TPSA) is 118 Å². The largest absolute Gasteiger partial charge is 0.478 e. The Morgan fingerprint density at radius 1 is 0.860 bits per heavy atom. The van der Waals surface area contributed by atoms with Crippen molar-refractivity contribution in [2.45, 2.75) is 63.6 Å². The van der Waals surface area contributed by atoms with Crippen molar-refractivity contribution in [3.8, 4) is 28.7 Å². The highest BCUT2D eigenvalue weighted by Gasteiger charge is 2.41. The maximum absolute atomic E-state index is 13.4. The van der Waals surface area contributed by atoms with Crippen LogP contribution in [0.4, 0.5) is 14.9 Å². The van der Waals surface area contributed by atoms with E-state index in [4.69, 9.17) is 14.2 Å². The molecule has 1 aliphatic heterocycles. The number of carbonyl (C=O) groups is 2. The monoisotopic (exact) mass is 592 g/mol. The van der Waals surface area contributed by atoms with Gasteiger partial charge in [-0.2, -0.15) is 0 Å². The second kappa shape index (κ2) is 12.5. The quantitative estimate of drug-likeness (QED) is 0.240. The van der Waals surface area contributed by atoms with Gasteiger partial charge in [0.1, 0.15) is 34.6 Å². The number of hydrogen-bond donors (Lipinski definition) is 3. The minimum absolute atomic E-state index is 0.291. The number of aliphatic hydroxyl groups is 1. The molecule has 1 saturated carbocycles. The number of carboxylic acid groups (broad SMARTS) is 1. The molecule has 1 saturated heterocycles. The second-order valence-corrected chi connectivity index (χ2v) is 11.7. The van der Waals surface area contributed by atoms with Crippen molar-refractivity contribution in [2.24, 2.45) is 5.92 Å². The lowest BCUT2D eigenvalue weighted by Crippen LogP contribution is -2.50. The van der Waals surface area contributed by atoms with Crippen LogP contribution in [0.2, 0.25) is 0 Å². The van der Waals surface area contributed by atoms with Gasteiger partial charge in [-0.1, -0.05) is 12.8 Å².